The van der Waals surface area contributed by atoms with E-state index in [2.05, 4.69) is 15.6 Å². The summed E-state index contributed by atoms with van der Waals surface area (Å²) in [6.07, 6.45) is 0. The number of carboxylic acids is 1. The second kappa shape index (κ2) is 7.78. The summed E-state index contributed by atoms with van der Waals surface area (Å²) < 4.78 is 31.5. The first-order valence-corrected chi connectivity index (χ1v) is 10.6. The Hall–Kier alpha value is -3.01. The molecule has 1 unspecified atom stereocenters. The molecule has 2 aromatic carbocycles. The predicted molar refractivity (Wildman–Crippen MR) is 108 cm³/mol. The summed E-state index contributed by atoms with van der Waals surface area (Å²) in [5.74, 6) is -1.08. The molecule has 29 heavy (non-hydrogen) atoms. The normalized spacial score (nSPS) is 17.2. The number of sulfone groups is 1. The van der Waals surface area contributed by atoms with Gasteiger partial charge in [0.15, 0.2) is 5.03 Å². The number of hydrogen-bond donors (Lipinski definition) is 3. The van der Waals surface area contributed by atoms with Crippen LogP contribution in [-0.2, 0) is 14.6 Å². The molecule has 150 valence electrons. The number of nitrogens with one attached hydrogen (secondary N) is 2. The fourth-order valence-corrected chi connectivity index (χ4v) is 4.62. The van der Waals surface area contributed by atoms with Gasteiger partial charge in [-0.3, -0.25) is 5.32 Å². The van der Waals surface area contributed by atoms with Gasteiger partial charge < -0.3 is 15.2 Å². The molecule has 1 aliphatic heterocycles. The average molecular weight is 413 g/mol. The molecule has 4 rings (SSSR count). The monoisotopic (exact) mass is 413 g/mol. The van der Waals surface area contributed by atoms with Crippen molar-refractivity contribution in [1.29, 1.82) is 0 Å². The van der Waals surface area contributed by atoms with Gasteiger partial charge in [-0.25, -0.2) is 18.2 Å². The lowest BCUT2D eigenvalue weighted by Crippen LogP contribution is -2.46. The van der Waals surface area contributed by atoms with E-state index in [-0.39, 0.29) is 17.2 Å². The molecule has 2 heterocycles. The van der Waals surface area contributed by atoms with Crippen molar-refractivity contribution in [2.24, 2.45) is 0 Å². The Balaban J connectivity index is 1.83. The quantitative estimate of drug-likeness (QED) is 0.584. The molecule has 0 radical (unpaired) electrons. The van der Waals surface area contributed by atoms with Crippen LogP contribution in [-0.4, -0.2) is 49.6 Å². The first-order chi connectivity index (χ1) is 14.0. The highest BCUT2D eigenvalue weighted by molar-refractivity contribution is 7.92. The Bertz CT molecular complexity index is 1170. The van der Waals surface area contributed by atoms with Crippen LogP contribution in [0, 0.1) is 0 Å². The van der Waals surface area contributed by atoms with Crippen LogP contribution in [0.25, 0.3) is 10.9 Å². The van der Waals surface area contributed by atoms with E-state index < -0.39 is 21.2 Å². The van der Waals surface area contributed by atoms with E-state index in [1.807, 2.05) is 6.07 Å². The van der Waals surface area contributed by atoms with Crippen LogP contribution >= 0.6 is 0 Å². The van der Waals surface area contributed by atoms with Crippen LogP contribution < -0.4 is 10.6 Å². The van der Waals surface area contributed by atoms with E-state index in [0.717, 1.165) is 0 Å². The number of fused-ring (bicyclic) bond motifs is 1. The molecule has 1 aliphatic rings. The van der Waals surface area contributed by atoms with Gasteiger partial charge in [-0.15, -0.1) is 0 Å². The Morgan fingerprint density at radius 3 is 2.66 bits per heavy atom. The Morgan fingerprint density at radius 1 is 1.14 bits per heavy atom. The number of carboxylic acid groups (broad SMARTS) is 1. The van der Waals surface area contributed by atoms with E-state index in [4.69, 9.17) is 4.74 Å². The van der Waals surface area contributed by atoms with E-state index in [1.165, 1.54) is 12.1 Å². The number of ether oxygens (including phenoxy) is 1. The highest BCUT2D eigenvalue weighted by Crippen LogP contribution is 2.30. The van der Waals surface area contributed by atoms with Gasteiger partial charge >= 0.3 is 5.97 Å². The molecule has 3 aromatic rings. The van der Waals surface area contributed by atoms with Crippen LogP contribution in [0.15, 0.2) is 59.6 Å². The Kier molecular flexibility index (Phi) is 5.18. The molecule has 0 aliphatic carbocycles. The second-order valence-corrected chi connectivity index (χ2v) is 8.64. The fraction of sp³-hybridized carbons (Fsp3) is 0.200. The molecule has 3 N–H and O–H groups in total. The third kappa shape index (κ3) is 3.80. The minimum absolute atomic E-state index is 0.0431. The highest BCUT2D eigenvalue weighted by atomic mass is 32.2. The van der Waals surface area contributed by atoms with Crippen molar-refractivity contribution in [3.8, 4) is 0 Å². The molecule has 0 bridgehead atoms. The number of pyridine rings is 1. The van der Waals surface area contributed by atoms with Gasteiger partial charge in [0.1, 0.15) is 5.37 Å². The van der Waals surface area contributed by atoms with Crippen LogP contribution in [0.3, 0.4) is 0 Å². The molecule has 0 spiro atoms. The minimum Gasteiger partial charge on any atom is -0.478 e. The molecule has 8 nitrogen and oxygen atoms in total. The summed E-state index contributed by atoms with van der Waals surface area (Å²) in [4.78, 5) is 15.9. The topological polar surface area (TPSA) is 118 Å². The van der Waals surface area contributed by atoms with Gasteiger partial charge in [0.25, 0.3) is 0 Å². The van der Waals surface area contributed by atoms with Gasteiger partial charge in [-0.2, -0.15) is 0 Å². The summed E-state index contributed by atoms with van der Waals surface area (Å²) in [5.41, 5.74) is 1.39. The first-order valence-electron chi connectivity index (χ1n) is 9.01. The average Bonchev–Trinajstić information content (AvgIpc) is 2.74. The van der Waals surface area contributed by atoms with Crippen LogP contribution in [0.2, 0.25) is 0 Å². The van der Waals surface area contributed by atoms with Crippen molar-refractivity contribution in [2.45, 2.75) is 10.4 Å². The largest absolute Gasteiger partial charge is 0.478 e. The van der Waals surface area contributed by atoms with Crippen molar-refractivity contribution in [3.05, 3.63) is 60.2 Å². The maximum absolute atomic E-state index is 13.1. The number of benzene rings is 2. The summed E-state index contributed by atoms with van der Waals surface area (Å²) in [5, 5.41) is 15.2. The lowest BCUT2D eigenvalue weighted by atomic mass is 10.1. The summed E-state index contributed by atoms with van der Waals surface area (Å²) in [7, 11) is -3.80. The van der Waals surface area contributed by atoms with Crippen LogP contribution in [0.5, 0.6) is 0 Å². The van der Waals surface area contributed by atoms with E-state index in [1.54, 1.807) is 36.4 Å². The van der Waals surface area contributed by atoms with Crippen LogP contribution in [0.1, 0.15) is 10.4 Å². The number of aromatic carboxylic acids is 1. The Labute approximate surface area is 167 Å². The molecule has 1 atom stereocenters. The third-order valence-corrected chi connectivity index (χ3v) is 6.52. The van der Waals surface area contributed by atoms with Gasteiger partial charge in [0, 0.05) is 11.9 Å². The minimum atomic E-state index is -3.80. The number of carbonyl (C=O) groups is 1. The van der Waals surface area contributed by atoms with E-state index >= 15 is 0 Å². The highest BCUT2D eigenvalue weighted by Gasteiger charge is 2.31. The zero-order valence-corrected chi connectivity index (χ0v) is 16.1. The molecule has 9 heteroatoms. The lowest BCUT2D eigenvalue weighted by Gasteiger charge is -2.24. The fourth-order valence-electron chi connectivity index (χ4n) is 3.21. The number of hydrogen-bond acceptors (Lipinski definition) is 7. The second-order valence-electron chi connectivity index (χ2n) is 6.56. The maximum Gasteiger partial charge on any atom is 0.337 e. The zero-order valence-electron chi connectivity index (χ0n) is 15.3. The zero-order chi connectivity index (χ0) is 20.4. The van der Waals surface area contributed by atoms with Crippen molar-refractivity contribution in [2.75, 3.05) is 25.1 Å². The SMILES string of the molecule is O=C(O)c1ccccc1Nc1cc(S(=O)(=O)C2COCCN2)nc2ccccc12. The summed E-state index contributed by atoms with van der Waals surface area (Å²) in [6, 6.07) is 15.0. The first kappa shape index (κ1) is 19.3. The number of rotatable bonds is 5. The predicted octanol–water partition coefficient (Wildman–Crippen LogP) is 2.40. The van der Waals surface area contributed by atoms with Gasteiger partial charge in [0.2, 0.25) is 9.84 Å². The van der Waals surface area contributed by atoms with Crippen molar-refractivity contribution in [3.63, 3.8) is 0 Å². The van der Waals surface area contributed by atoms with E-state index in [9.17, 15) is 18.3 Å². The Morgan fingerprint density at radius 2 is 1.90 bits per heavy atom. The standard InChI is InChI=1S/C20H19N3O5S/c24-20(25)14-6-2-4-8-16(14)22-17-11-18(23-15-7-3-1-5-13(15)17)29(26,27)19-12-28-10-9-21-19/h1-8,11,19,21H,9-10,12H2,(H,22,23)(H,24,25). The molecule has 1 aromatic heterocycles. The molecular weight excluding hydrogens is 394 g/mol. The van der Waals surface area contributed by atoms with Crippen molar-refractivity contribution < 1.29 is 23.1 Å². The lowest BCUT2D eigenvalue weighted by molar-refractivity contribution is 0.0698. The smallest absolute Gasteiger partial charge is 0.337 e. The number of para-hydroxylation sites is 2. The third-order valence-electron chi connectivity index (χ3n) is 4.67. The number of nitrogens with zero attached hydrogens (tertiary/aromatic N) is 1. The summed E-state index contributed by atoms with van der Waals surface area (Å²) >= 11 is 0. The van der Waals surface area contributed by atoms with Crippen molar-refractivity contribution in [1.82, 2.24) is 10.3 Å². The molecular formula is C20H19N3O5S. The van der Waals surface area contributed by atoms with Gasteiger partial charge in [-0.05, 0) is 24.3 Å². The van der Waals surface area contributed by atoms with Gasteiger partial charge in [-0.1, -0.05) is 30.3 Å². The van der Waals surface area contributed by atoms with Crippen LogP contribution in [0.4, 0.5) is 11.4 Å². The molecule has 1 fully saturated rings. The molecule has 1 saturated heterocycles. The number of anilines is 2. The molecule has 0 amide bonds. The number of aromatic nitrogens is 1. The molecule has 0 saturated carbocycles. The summed E-state index contributed by atoms with van der Waals surface area (Å²) in [6.45, 7) is 0.936. The number of morpholine rings is 1. The van der Waals surface area contributed by atoms with Gasteiger partial charge in [0.05, 0.1) is 35.7 Å². The van der Waals surface area contributed by atoms with Crippen molar-refractivity contribution >= 4 is 38.1 Å². The van der Waals surface area contributed by atoms with E-state index in [0.29, 0.717) is 35.4 Å². The maximum atomic E-state index is 13.1.